The Labute approximate surface area is 129 Å². The molecule has 112 valence electrons. The van der Waals surface area contributed by atoms with E-state index in [4.69, 9.17) is 5.11 Å². The number of rotatable bonds is 4. The molecule has 0 saturated carbocycles. The highest BCUT2D eigenvalue weighted by molar-refractivity contribution is 9.10. The Hall–Kier alpha value is -1.87. The van der Waals surface area contributed by atoms with E-state index in [-0.39, 0.29) is 16.3 Å². The lowest BCUT2D eigenvalue weighted by atomic mass is 10.2. The molecule has 7 nitrogen and oxygen atoms in total. The SMILES string of the molecule is Cc1ccc(S(=O)(=O)Nc2c(C(=O)O)cnn2C)c(Br)c1. The highest BCUT2D eigenvalue weighted by Crippen LogP contribution is 2.26. The molecule has 0 saturated heterocycles. The molecule has 2 rings (SSSR count). The minimum absolute atomic E-state index is 0.0191. The summed E-state index contributed by atoms with van der Waals surface area (Å²) < 4.78 is 28.6. The number of nitrogens with one attached hydrogen (secondary N) is 1. The molecule has 2 N–H and O–H groups in total. The summed E-state index contributed by atoms with van der Waals surface area (Å²) in [6.45, 7) is 1.83. The van der Waals surface area contributed by atoms with Gasteiger partial charge in [0.15, 0.2) is 5.82 Å². The van der Waals surface area contributed by atoms with E-state index >= 15 is 0 Å². The fourth-order valence-corrected chi connectivity index (χ4v) is 4.02. The lowest BCUT2D eigenvalue weighted by Gasteiger charge is -2.11. The maximum absolute atomic E-state index is 12.4. The summed E-state index contributed by atoms with van der Waals surface area (Å²) in [6.07, 6.45) is 1.09. The largest absolute Gasteiger partial charge is 0.477 e. The number of sulfonamides is 1. The number of hydrogen-bond acceptors (Lipinski definition) is 4. The first-order valence-corrected chi connectivity index (χ1v) is 8.04. The molecule has 0 radical (unpaired) electrons. The van der Waals surface area contributed by atoms with Crippen molar-refractivity contribution in [2.24, 2.45) is 7.05 Å². The van der Waals surface area contributed by atoms with Gasteiger partial charge in [-0.15, -0.1) is 0 Å². The smallest absolute Gasteiger partial charge is 0.341 e. The van der Waals surface area contributed by atoms with Crippen molar-refractivity contribution in [1.82, 2.24) is 9.78 Å². The van der Waals surface area contributed by atoms with Crippen molar-refractivity contribution in [3.63, 3.8) is 0 Å². The van der Waals surface area contributed by atoms with Crippen LogP contribution in [0.15, 0.2) is 33.8 Å². The molecule has 2 aromatic rings. The minimum atomic E-state index is -3.93. The number of carbonyl (C=O) groups is 1. The zero-order valence-corrected chi connectivity index (χ0v) is 13.6. The monoisotopic (exact) mass is 373 g/mol. The Morgan fingerprint density at radius 2 is 2.10 bits per heavy atom. The van der Waals surface area contributed by atoms with E-state index in [1.165, 1.54) is 13.1 Å². The van der Waals surface area contributed by atoms with E-state index in [2.05, 4.69) is 25.8 Å². The van der Waals surface area contributed by atoms with Crippen LogP contribution in [0.25, 0.3) is 0 Å². The van der Waals surface area contributed by atoms with Crippen LogP contribution >= 0.6 is 15.9 Å². The zero-order chi connectivity index (χ0) is 15.8. The number of aromatic carboxylic acids is 1. The molecule has 21 heavy (non-hydrogen) atoms. The lowest BCUT2D eigenvalue weighted by molar-refractivity contribution is 0.0698. The summed E-state index contributed by atoms with van der Waals surface area (Å²) in [5.41, 5.74) is 0.678. The fraction of sp³-hybridized carbons (Fsp3) is 0.167. The molecular formula is C12H12BrN3O4S. The second kappa shape index (κ2) is 5.49. The number of anilines is 1. The quantitative estimate of drug-likeness (QED) is 0.852. The standard InChI is InChI=1S/C12H12BrN3O4S/c1-7-3-4-10(9(13)5-7)21(19,20)15-11-8(12(17)18)6-14-16(11)2/h3-6,15H,1-2H3,(H,17,18). The summed E-state index contributed by atoms with van der Waals surface area (Å²) in [5.74, 6) is -1.36. The molecule has 0 aliphatic carbocycles. The normalized spacial score (nSPS) is 11.4. The van der Waals surface area contributed by atoms with Gasteiger partial charge >= 0.3 is 5.97 Å². The van der Waals surface area contributed by atoms with E-state index in [9.17, 15) is 13.2 Å². The molecule has 0 spiro atoms. The van der Waals surface area contributed by atoms with Crippen LogP contribution in [-0.4, -0.2) is 29.3 Å². The number of carboxylic acid groups (broad SMARTS) is 1. The maximum Gasteiger partial charge on any atom is 0.341 e. The van der Waals surface area contributed by atoms with E-state index in [0.29, 0.717) is 4.47 Å². The molecule has 0 aliphatic rings. The minimum Gasteiger partial charge on any atom is -0.477 e. The lowest BCUT2D eigenvalue weighted by Crippen LogP contribution is -2.18. The van der Waals surface area contributed by atoms with Gasteiger partial charge in [-0.25, -0.2) is 13.2 Å². The van der Waals surface area contributed by atoms with E-state index < -0.39 is 16.0 Å². The fourth-order valence-electron chi connectivity index (χ4n) is 1.72. The molecule has 0 aliphatic heterocycles. The molecule has 1 aromatic carbocycles. The van der Waals surface area contributed by atoms with Crippen LogP contribution in [0.2, 0.25) is 0 Å². The Morgan fingerprint density at radius 1 is 1.43 bits per heavy atom. The van der Waals surface area contributed by atoms with Crippen LogP contribution < -0.4 is 4.72 Å². The van der Waals surface area contributed by atoms with Gasteiger partial charge < -0.3 is 5.11 Å². The van der Waals surface area contributed by atoms with Gasteiger partial charge in [0.1, 0.15) is 10.5 Å². The molecule has 0 fully saturated rings. The average Bonchev–Trinajstić information content (AvgIpc) is 2.70. The van der Waals surface area contributed by atoms with Crippen molar-refractivity contribution in [3.8, 4) is 0 Å². The number of aryl methyl sites for hydroxylation is 2. The van der Waals surface area contributed by atoms with Crippen LogP contribution in [0.5, 0.6) is 0 Å². The molecule has 0 bridgehead atoms. The number of benzene rings is 1. The van der Waals surface area contributed by atoms with Gasteiger partial charge in [0.05, 0.1) is 6.20 Å². The van der Waals surface area contributed by atoms with Gasteiger partial charge in [0, 0.05) is 11.5 Å². The van der Waals surface area contributed by atoms with E-state index in [0.717, 1.165) is 16.4 Å². The molecule has 9 heteroatoms. The highest BCUT2D eigenvalue weighted by Gasteiger charge is 2.23. The van der Waals surface area contributed by atoms with Crippen molar-refractivity contribution >= 4 is 37.7 Å². The topological polar surface area (TPSA) is 101 Å². The predicted molar refractivity (Wildman–Crippen MR) is 79.9 cm³/mol. The summed E-state index contributed by atoms with van der Waals surface area (Å²) in [4.78, 5) is 11.1. The van der Waals surface area contributed by atoms with Crippen molar-refractivity contribution in [3.05, 3.63) is 40.0 Å². The maximum atomic E-state index is 12.4. The van der Waals surface area contributed by atoms with Gasteiger partial charge in [0.2, 0.25) is 0 Å². The average molecular weight is 374 g/mol. The van der Waals surface area contributed by atoms with Gasteiger partial charge in [-0.1, -0.05) is 6.07 Å². The first-order valence-electron chi connectivity index (χ1n) is 5.76. The summed E-state index contributed by atoms with van der Waals surface area (Å²) in [6, 6.07) is 4.76. The van der Waals surface area contributed by atoms with Crippen LogP contribution in [0.1, 0.15) is 15.9 Å². The first kappa shape index (κ1) is 15.5. The summed E-state index contributed by atoms with van der Waals surface area (Å²) >= 11 is 3.20. The van der Waals surface area contributed by atoms with Crippen molar-refractivity contribution in [1.29, 1.82) is 0 Å². The Balaban J connectivity index is 2.47. The molecule has 1 aromatic heterocycles. The Morgan fingerprint density at radius 3 is 2.67 bits per heavy atom. The van der Waals surface area contributed by atoms with Crippen LogP contribution in [0.4, 0.5) is 5.82 Å². The summed E-state index contributed by atoms with van der Waals surface area (Å²) in [7, 11) is -2.48. The van der Waals surface area contributed by atoms with Crippen LogP contribution in [-0.2, 0) is 17.1 Å². The number of halogens is 1. The number of aromatic nitrogens is 2. The number of hydrogen-bond donors (Lipinski definition) is 2. The number of nitrogens with zero attached hydrogens (tertiary/aromatic N) is 2. The van der Waals surface area contributed by atoms with Crippen molar-refractivity contribution < 1.29 is 18.3 Å². The third-order valence-corrected chi connectivity index (χ3v) is 5.09. The second-order valence-corrected chi connectivity index (χ2v) is 6.88. The van der Waals surface area contributed by atoms with Crippen molar-refractivity contribution in [2.45, 2.75) is 11.8 Å². The molecular weight excluding hydrogens is 362 g/mol. The molecule has 0 amide bonds. The van der Waals surface area contributed by atoms with Crippen LogP contribution in [0, 0.1) is 6.92 Å². The van der Waals surface area contributed by atoms with Crippen molar-refractivity contribution in [2.75, 3.05) is 4.72 Å². The number of carboxylic acids is 1. The van der Waals surface area contributed by atoms with E-state index in [1.807, 2.05) is 6.92 Å². The van der Waals surface area contributed by atoms with Crippen LogP contribution in [0.3, 0.4) is 0 Å². The van der Waals surface area contributed by atoms with E-state index in [1.54, 1.807) is 12.1 Å². The third-order valence-electron chi connectivity index (χ3n) is 2.78. The zero-order valence-electron chi connectivity index (χ0n) is 11.2. The van der Waals surface area contributed by atoms with Gasteiger partial charge in [-0.2, -0.15) is 5.10 Å². The predicted octanol–water partition coefficient (Wildman–Crippen LogP) is 1.99. The molecule has 0 atom stereocenters. The Kier molecular flexibility index (Phi) is 4.06. The second-order valence-electron chi connectivity index (χ2n) is 4.37. The Bertz CT molecular complexity index is 814. The molecule has 1 heterocycles. The van der Waals surface area contributed by atoms with Gasteiger partial charge in [-0.05, 0) is 40.5 Å². The third kappa shape index (κ3) is 3.08. The summed E-state index contributed by atoms with van der Waals surface area (Å²) in [5, 5.41) is 12.8. The first-order chi connectivity index (χ1) is 9.72. The molecule has 0 unspecified atom stereocenters. The highest BCUT2D eigenvalue weighted by atomic mass is 79.9. The van der Waals surface area contributed by atoms with Gasteiger partial charge in [0.25, 0.3) is 10.0 Å². The van der Waals surface area contributed by atoms with Gasteiger partial charge in [-0.3, -0.25) is 9.40 Å².